The van der Waals surface area contributed by atoms with Gasteiger partial charge in [-0.2, -0.15) is 0 Å². The summed E-state index contributed by atoms with van der Waals surface area (Å²) in [7, 11) is 0. The molecule has 5 heteroatoms. The number of hydrogen-bond acceptors (Lipinski definition) is 3. The highest BCUT2D eigenvalue weighted by atomic mass is 79.9. The lowest BCUT2D eigenvalue weighted by Crippen LogP contribution is -1.92. The lowest BCUT2D eigenvalue weighted by Gasteiger charge is -2.06. The molecule has 1 heterocycles. The van der Waals surface area contributed by atoms with Gasteiger partial charge in [0.1, 0.15) is 10.8 Å². The summed E-state index contributed by atoms with van der Waals surface area (Å²) in [6, 6.07) is 5.74. The van der Waals surface area contributed by atoms with E-state index >= 15 is 0 Å². The third kappa shape index (κ3) is 2.81. The lowest BCUT2D eigenvalue weighted by atomic mass is 10.2. The number of halogens is 2. The first-order chi connectivity index (χ1) is 8.11. The van der Waals surface area contributed by atoms with Crippen molar-refractivity contribution in [1.29, 1.82) is 0 Å². The largest absolute Gasteiger partial charge is 0.492 e. The van der Waals surface area contributed by atoms with Crippen molar-refractivity contribution in [3.05, 3.63) is 32.7 Å². The molecule has 0 unspecified atom stereocenters. The van der Waals surface area contributed by atoms with E-state index in [2.05, 4.69) is 20.9 Å². The number of ether oxygens (including phenoxy) is 1. The first-order valence-electron chi connectivity index (χ1n) is 5.17. The van der Waals surface area contributed by atoms with Gasteiger partial charge in [-0.1, -0.05) is 11.6 Å². The van der Waals surface area contributed by atoms with E-state index in [4.69, 9.17) is 16.3 Å². The Hall–Kier alpha value is -0.580. The molecule has 0 radical (unpaired) electrons. The molecule has 1 aromatic heterocycles. The molecule has 2 aromatic rings. The van der Waals surface area contributed by atoms with Crippen LogP contribution in [0.4, 0.5) is 0 Å². The van der Waals surface area contributed by atoms with Gasteiger partial charge in [0.2, 0.25) is 0 Å². The van der Waals surface area contributed by atoms with E-state index in [-0.39, 0.29) is 0 Å². The molecule has 0 atom stereocenters. The summed E-state index contributed by atoms with van der Waals surface area (Å²) in [5.41, 5.74) is 2.01. The molecule has 0 aliphatic carbocycles. The highest BCUT2D eigenvalue weighted by molar-refractivity contribution is 9.11. The molecule has 0 aliphatic heterocycles. The number of rotatable bonds is 3. The minimum atomic E-state index is 0.612. The molecule has 2 rings (SSSR count). The molecule has 1 aromatic carbocycles. The average molecular weight is 333 g/mol. The Labute approximate surface area is 118 Å². The molecule has 0 aliphatic rings. The Morgan fingerprint density at radius 1 is 1.47 bits per heavy atom. The van der Waals surface area contributed by atoms with Crippen LogP contribution in [0.15, 0.2) is 22.0 Å². The Bertz CT molecular complexity index is 522. The molecule has 0 saturated carbocycles. The highest BCUT2D eigenvalue weighted by Gasteiger charge is 2.09. The van der Waals surface area contributed by atoms with Crippen molar-refractivity contribution in [2.75, 3.05) is 6.61 Å². The van der Waals surface area contributed by atoms with Gasteiger partial charge in [-0.05, 0) is 48.0 Å². The van der Waals surface area contributed by atoms with Crippen molar-refractivity contribution in [1.82, 2.24) is 4.98 Å². The fraction of sp³-hybridized carbons (Fsp3) is 0.250. The van der Waals surface area contributed by atoms with Gasteiger partial charge in [0.05, 0.1) is 21.1 Å². The summed E-state index contributed by atoms with van der Waals surface area (Å²) in [6.45, 7) is 4.52. The quantitative estimate of drug-likeness (QED) is 0.795. The number of benzene rings is 1. The molecule has 0 spiro atoms. The maximum atomic E-state index is 6.14. The van der Waals surface area contributed by atoms with E-state index in [0.29, 0.717) is 17.4 Å². The summed E-state index contributed by atoms with van der Waals surface area (Å²) in [4.78, 5) is 4.47. The molecular formula is C12H11BrClNOS. The summed E-state index contributed by atoms with van der Waals surface area (Å²) >= 11 is 11.2. The smallest absolute Gasteiger partial charge is 0.137 e. The number of nitrogens with zero attached hydrogens (tertiary/aromatic N) is 1. The van der Waals surface area contributed by atoms with E-state index in [1.165, 1.54) is 0 Å². The number of hydrogen-bond donors (Lipinski definition) is 0. The Kier molecular flexibility index (Phi) is 4.07. The molecule has 0 fully saturated rings. The second kappa shape index (κ2) is 5.38. The summed E-state index contributed by atoms with van der Waals surface area (Å²) in [5, 5.41) is 1.58. The first kappa shape index (κ1) is 12.9. The Balaban J connectivity index is 2.37. The molecule has 2 nitrogen and oxygen atoms in total. The minimum Gasteiger partial charge on any atom is -0.492 e. The standard InChI is InChI=1S/C12H11BrClNOS/c1-3-16-10-5-4-8(6-9(10)14)12-15-7(2)11(13)17-12/h4-6H,3H2,1-2H3. The van der Waals surface area contributed by atoms with E-state index in [1.54, 1.807) is 11.3 Å². The Morgan fingerprint density at radius 2 is 2.24 bits per heavy atom. The predicted molar refractivity (Wildman–Crippen MR) is 76.2 cm³/mol. The van der Waals surface area contributed by atoms with Crippen LogP contribution in [-0.4, -0.2) is 11.6 Å². The average Bonchev–Trinajstić information content (AvgIpc) is 2.62. The van der Waals surface area contributed by atoms with Crippen LogP contribution in [0, 0.1) is 6.92 Å². The van der Waals surface area contributed by atoms with Gasteiger partial charge in [-0.3, -0.25) is 0 Å². The van der Waals surface area contributed by atoms with Gasteiger partial charge in [0.15, 0.2) is 0 Å². The molecule has 90 valence electrons. The van der Waals surface area contributed by atoms with Crippen molar-refractivity contribution in [3.63, 3.8) is 0 Å². The first-order valence-corrected chi connectivity index (χ1v) is 7.16. The molecule has 17 heavy (non-hydrogen) atoms. The maximum absolute atomic E-state index is 6.14. The number of thiazole rings is 1. The third-order valence-corrected chi connectivity index (χ3v) is 4.57. The van der Waals surface area contributed by atoms with Crippen molar-refractivity contribution < 1.29 is 4.74 Å². The fourth-order valence-electron chi connectivity index (χ4n) is 1.41. The van der Waals surface area contributed by atoms with Crippen LogP contribution in [-0.2, 0) is 0 Å². The topological polar surface area (TPSA) is 22.1 Å². The van der Waals surface area contributed by atoms with Crippen LogP contribution in [0.5, 0.6) is 5.75 Å². The second-order valence-electron chi connectivity index (χ2n) is 3.46. The number of aryl methyl sites for hydroxylation is 1. The van der Waals surface area contributed by atoms with Gasteiger partial charge >= 0.3 is 0 Å². The zero-order chi connectivity index (χ0) is 12.4. The molecule has 0 saturated heterocycles. The van der Waals surface area contributed by atoms with Gasteiger partial charge in [-0.15, -0.1) is 11.3 Å². The lowest BCUT2D eigenvalue weighted by molar-refractivity contribution is 0.340. The van der Waals surface area contributed by atoms with Crippen LogP contribution in [0.25, 0.3) is 10.6 Å². The van der Waals surface area contributed by atoms with Crippen LogP contribution < -0.4 is 4.74 Å². The van der Waals surface area contributed by atoms with E-state index in [1.807, 2.05) is 32.0 Å². The van der Waals surface area contributed by atoms with Crippen LogP contribution in [0.2, 0.25) is 5.02 Å². The molecule has 0 bridgehead atoms. The van der Waals surface area contributed by atoms with Gasteiger partial charge in [0.25, 0.3) is 0 Å². The number of aromatic nitrogens is 1. The SMILES string of the molecule is CCOc1ccc(-c2nc(C)c(Br)s2)cc1Cl. The van der Waals surface area contributed by atoms with Gasteiger partial charge < -0.3 is 4.74 Å². The highest BCUT2D eigenvalue weighted by Crippen LogP contribution is 2.35. The van der Waals surface area contributed by atoms with E-state index in [9.17, 15) is 0 Å². The Morgan fingerprint density at radius 3 is 2.76 bits per heavy atom. The molecule has 0 amide bonds. The third-order valence-electron chi connectivity index (χ3n) is 2.22. The molecule has 0 N–H and O–H groups in total. The van der Waals surface area contributed by atoms with Crippen molar-refractivity contribution in [3.8, 4) is 16.3 Å². The summed E-state index contributed by atoms with van der Waals surface area (Å²) in [6.07, 6.45) is 0. The zero-order valence-corrected chi connectivity index (χ0v) is 12.6. The van der Waals surface area contributed by atoms with Crippen molar-refractivity contribution in [2.45, 2.75) is 13.8 Å². The van der Waals surface area contributed by atoms with E-state index in [0.717, 1.165) is 20.1 Å². The minimum absolute atomic E-state index is 0.612. The normalized spacial score (nSPS) is 10.6. The molecular weight excluding hydrogens is 322 g/mol. The zero-order valence-electron chi connectivity index (χ0n) is 9.46. The van der Waals surface area contributed by atoms with Gasteiger partial charge in [-0.25, -0.2) is 4.98 Å². The van der Waals surface area contributed by atoms with Crippen molar-refractivity contribution >= 4 is 38.9 Å². The summed E-state index contributed by atoms with van der Waals surface area (Å²) < 4.78 is 6.45. The second-order valence-corrected chi connectivity index (χ2v) is 6.18. The predicted octanol–water partition coefficient (Wildman–Crippen LogP) is 4.93. The fourth-order valence-corrected chi connectivity index (χ4v) is 2.98. The van der Waals surface area contributed by atoms with E-state index < -0.39 is 0 Å². The van der Waals surface area contributed by atoms with Crippen LogP contribution in [0.3, 0.4) is 0 Å². The summed E-state index contributed by atoms with van der Waals surface area (Å²) in [5.74, 6) is 0.713. The van der Waals surface area contributed by atoms with Gasteiger partial charge in [0, 0.05) is 5.56 Å². The maximum Gasteiger partial charge on any atom is 0.137 e. The monoisotopic (exact) mass is 331 g/mol. The van der Waals surface area contributed by atoms with Crippen LogP contribution >= 0.6 is 38.9 Å². The van der Waals surface area contributed by atoms with Crippen molar-refractivity contribution in [2.24, 2.45) is 0 Å². The van der Waals surface area contributed by atoms with Crippen LogP contribution in [0.1, 0.15) is 12.6 Å².